The molecule has 0 amide bonds. The lowest BCUT2D eigenvalue weighted by Crippen LogP contribution is -2.18. The third kappa shape index (κ3) is 3.96. The van der Waals surface area contributed by atoms with E-state index in [4.69, 9.17) is 9.47 Å². The van der Waals surface area contributed by atoms with Gasteiger partial charge in [0, 0.05) is 36.3 Å². The molecule has 25 heavy (non-hydrogen) atoms. The standard InChI is InChI=1S/C19H22N2O4/c1-13-10-16(14(2)21(13)11-15-6-5-9-24-15)18(22)12-25-19(23)17-7-3-4-8-20-17/h3-4,7-8,10,15H,5-6,9,11-12H2,1-2H3/t15-/m0/s1. The third-order valence-electron chi connectivity index (χ3n) is 4.49. The smallest absolute Gasteiger partial charge is 0.357 e. The number of hydrogen-bond donors (Lipinski definition) is 0. The number of hydrogen-bond acceptors (Lipinski definition) is 5. The van der Waals surface area contributed by atoms with Crippen molar-refractivity contribution in [1.29, 1.82) is 0 Å². The summed E-state index contributed by atoms with van der Waals surface area (Å²) in [6, 6.07) is 6.82. The second-order valence-electron chi connectivity index (χ2n) is 6.24. The number of rotatable bonds is 6. The number of nitrogens with zero attached hydrogens (tertiary/aromatic N) is 2. The van der Waals surface area contributed by atoms with Gasteiger partial charge in [-0.25, -0.2) is 9.78 Å². The highest BCUT2D eigenvalue weighted by Crippen LogP contribution is 2.20. The molecule has 1 atom stereocenters. The molecule has 1 aliphatic rings. The van der Waals surface area contributed by atoms with Crippen molar-refractivity contribution >= 4 is 11.8 Å². The molecule has 3 rings (SSSR count). The molecule has 0 N–H and O–H groups in total. The lowest BCUT2D eigenvalue weighted by atomic mass is 10.1. The van der Waals surface area contributed by atoms with E-state index in [0.717, 1.165) is 37.4 Å². The summed E-state index contributed by atoms with van der Waals surface area (Å²) in [5.74, 6) is -0.807. The highest BCUT2D eigenvalue weighted by molar-refractivity contribution is 6.00. The maximum atomic E-state index is 12.5. The van der Waals surface area contributed by atoms with Crippen LogP contribution >= 0.6 is 0 Å². The Balaban J connectivity index is 1.65. The Kier molecular flexibility index (Phi) is 5.28. The minimum atomic E-state index is -0.595. The summed E-state index contributed by atoms with van der Waals surface area (Å²) in [4.78, 5) is 28.3. The molecule has 6 heteroatoms. The van der Waals surface area contributed by atoms with Crippen molar-refractivity contribution in [2.24, 2.45) is 0 Å². The van der Waals surface area contributed by atoms with E-state index in [0.29, 0.717) is 5.56 Å². The fourth-order valence-electron chi connectivity index (χ4n) is 3.12. The van der Waals surface area contributed by atoms with Crippen molar-refractivity contribution in [3.8, 4) is 0 Å². The molecule has 0 bridgehead atoms. The number of ketones is 1. The molecule has 0 radical (unpaired) electrons. The summed E-state index contributed by atoms with van der Waals surface area (Å²) < 4.78 is 12.9. The van der Waals surface area contributed by atoms with E-state index in [9.17, 15) is 9.59 Å². The number of Topliss-reactive ketones (excluding diaryl/α,β-unsaturated/α-hetero) is 1. The average molecular weight is 342 g/mol. The highest BCUT2D eigenvalue weighted by atomic mass is 16.5. The van der Waals surface area contributed by atoms with Crippen molar-refractivity contribution in [3.63, 3.8) is 0 Å². The molecule has 0 aromatic carbocycles. The predicted molar refractivity (Wildman–Crippen MR) is 91.7 cm³/mol. The molecule has 2 aromatic heterocycles. The van der Waals surface area contributed by atoms with Crippen LogP contribution < -0.4 is 0 Å². The van der Waals surface area contributed by atoms with Crippen molar-refractivity contribution in [2.45, 2.75) is 39.3 Å². The lowest BCUT2D eigenvalue weighted by Gasteiger charge is -2.14. The van der Waals surface area contributed by atoms with Gasteiger partial charge in [0.1, 0.15) is 5.69 Å². The number of aryl methyl sites for hydroxylation is 1. The zero-order valence-corrected chi connectivity index (χ0v) is 14.5. The molecule has 0 saturated carbocycles. The summed E-state index contributed by atoms with van der Waals surface area (Å²) in [7, 11) is 0. The Morgan fingerprint density at radius 3 is 2.88 bits per heavy atom. The van der Waals surface area contributed by atoms with Gasteiger partial charge in [0.15, 0.2) is 6.61 Å². The molecule has 0 unspecified atom stereocenters. The monoisotopic (exact) mass is 342 g/mol. The first kappa shape index (κ1) is 17.4. The van der Waals surface area contributed by atoms with Gasteiger partial charge in [-0.3, -0.25) is 4.79 Å². The number of carbonyl (C=O) groups is 2. The molecule has 0 spiro atoms. The first-order valence-corrected chi connectivity index (χ1v) is 8.46. The Hall–Kier alpha value is -2.47. The van der Waals surface area contributed by atoms with Crippen LogP contribution in [0.3, 0.4) is 0 Å². The molecule has 6 nitrogen and oxygen atoms in total. The van der Waals surface area contributed by atoms with Crippen molar-refractivity contribution < 1.29 is 19.1 Å². The van der Waals surface area contributed by atoms with Gasteiger partial charge in [-0.15, -0.1) is 0 Å². The van der Waals surface area contributed by atoms with Crippen molar-refractivity contribution in [2.75, 3.05) is 13.2 Å². The minimum absolute atomic E-state index is 0.194. The summed E-state index contributed by atoms with van der Waals surface area (Å²) in [5, 5.41) is 0. The molecule has 1 saturated heterocycles. The molecule has 132 valence electrons. The summed E-state index contributed by atoms with van der Waals surface area (Å²) in [5.41, 5.74) is 2.67. The van der Waals surface area contributed by atoms with Crippen LogP contribution in [-0.4, -0.2) is 40.6 Å². The maximum absolute atomic E-state index is 12.5. The lowest BCUT2D eigenvalue weighted by molar-refractivity contribution is 0.0468. The second-order valence-corrected chi connectivity index (χ2v) is 6.24. The van der Waals surface area contributed by atoms with Gasteiger partial charge in [0.2, 0.25) is 5.78 Å². The van der Waals surface area contributed by atoms with Crippen LogP contribution in [-0.2, 0) is 16.0 Å². The molecular formula is C19H22N2O4. The summed E-state index contributed by atoms with van der Waals surface area (Å²) in [6.45, 7) is 5.14. The van der Waals surface area contributed by atoms with Crippen molar-refractivity contribution in [3.05, 3.63) is 53.1 Å². The number of aromatic nitrogens is 2. The van der Waals surface area contributed by atoms with Gasteiger partial charge in [-0.1, -0.05) is 6.07 Å². The first-order valence-electron chi connectivity index (χ1n) is 8.46. The van der Waals surface area contributed by atoms with Crippen LogP contribution in [0.25, 0.3) is 0 Å². The molecule has 3 heterocycles. The molecule has 1 fully saturated rings. The fourth-order valence-corrected chi connectivity index (χ4v) is 3.12. The van der Waals surface area contributed by atoms with E-state index in [1.807, 2.05) is 19.9 Å². The number of ether oxygens (including phenoxy) is 2. The van der Waals surface area contributed by atoms with Gasteiger partial charge < -0.3 is 14.0 Å². The largest absolute Gasteiger partial charge is 0.453 e. The molecule has 1 aliphatic heterocycles. The SMILES string of the molecule is Cc1cc(C(=O)COC(=O)c2ccccn2)c(C)n1C[C@@H]1CCCO1. The summed E-state index contributed by atoms with van der Waals surface area (Å²) >= 11 is 0. The quantitative estimate of drug-likeness (QED) is 0.596. The topological polar surface area (TPSA) is 70.4 Å². The molecule has 2 aromatic rings. The van der Waals surface area contributed by atoms with Crippen molar-refractivity contribution in [1.82, 2.24) is 9.55 Å². The first-order chi connectivity index (χ1) is 12.1. The zero-order valence-electron chi connectivity index (χ0n) is 14.5. The highest BCUT2D eigenvalue weighted by Gasteiger charge is 2.22. The van der Waals surface area contributed by atoms with Crippen LogP contribution in [0.15, 0.2) is 30.5 Å². The number of pyridine rings is 1. The van der Waals surface area contributed by atoms with Gasteiger partial charge in [-0.05, 0) is 44.9 Å². The number of esters is 1. The Morgan fingerprint density at radius 1 is 1.36 bits per heavy atom. The van der Waals surface area contributed by atoms with Gasteiger partial charge in [0.25, 0.3) is 0 Å². The van der Waals surface area contributed by atoms with Gasteiger partial charge in [-0.2, -0.15) is 0 Å². The Bertz CT molecular complexity index is 761. The van der Waals surface area contributed by atoms with Crippen LogP contribution in [0.1, 0.15) is 45.1 Å². The maximum Gasteiger partial charge on any atom is 0.357 e. The van der Waals surface area contributed by atoms with E-state index in [1.165, 1.54) is 6.20 Å². The van der Waals surface area contributed by atoms with Crippen LogP contribution in [0.5, 0.6) is 0 Å². The van der Waals surface area contributed by atoms with E-state index in [-0.39, 0.29) is 24.2 Å². The minimum Gasteiger partial charge on any atom is -0.453 e. The second kappa shape index (κ2) is 7.61. The van der Waals surface area contributed by atoms with E-state index >= 15 is 0 Å². The summed E-state index contributed by atoms with van der Waals surface area (Å²) in [6.07, 6.45) is 3.84. The van der Waals surface area contributed by atoms with Crippen LogP contribution in [0.2, 0.25) is 0 Å². The van der Waals surface area contributed by atoms with Gasteiger partial charge in [0.05, 0.1) is 6.10 Å². The molecular weight excluding hydrogens is 320 g/mol. The van der Waals surface area contributed by atoms with E-state index in [2.05, 4.69) is 9.55 Å². The van der Waals surface area contributed by atoms with E-state index < -0.39 is 5.97 Å². The Morgan fingerprint density at radius 2 is 2.20 bits per heavy atom. The third-order valence-corrected chi connectivity index (χ3v) is 4.49. The zero-order chi connectivity index (χ0) is 17.8. The molecule has 0 aliphatic carbocycles. The predicted octanol–water partition coefficient (Wildman–Crippen LogP) is 2.72. The number of carbonyl (C=O) groups excluding carboxylic acids is 2. The van der Waals surface area contributed by atoms with Gasteiger partial charge >= 0.3 is 5.97 Å². The van der Waals surface area contributed by atoms with Crippen LogP contribution in [0.4, 0.5) is 0 Å². The van der Waals surface area contributed by atoms with Crippen LogP contribution in [0, 0.1) is 13.8 Å². The van der Waals surface area contributed by atoms with E-state index in [1.54, 1.807) is 18.2 Å². The normalized spacial score (nSPS) is 16.8. The Labute approximate surface area is 146 Å². The fraction of sp³-hybridized carbons (Fsp3) is 0.421. The average Bonchev–Trinajstić information content (AvgIpc) is 3.24.